The van der Waals surface area contributed by atoms with Gasteiger partial charge in [-0.3, -0.25) is 4.79 Å². The number of carbonyl (C=O) groups excluding carboxylic acids is 1. The Morgan fingerprint density at radius 1 is 1.50 bits per heavy atom. The van der Waals surface area contributed by atoms with Crippen LogP contribution >= 0.6 is 0 Å². The molecule has 1 aromatic rings. The summed E-state index contributed by atoms with van der Waals surface area (Å²) in [5, 5.41) is 3.08. The SMILES string of the molecule is CC(C)(CNCc1cccc(F)c1)C(N)=O. The van der Waals surface area contributed by atoms with Crippen LogP contribution in [0.5, 0.6) is 0 Å². The molecule has 0 unspecified atom stereocenters. The van der Waals surface area contributed by atoms with Gasteiger partial charge < -0.3 is 11.1 Å². The highest BCUT2D eigenvalue weighted by Gasteiger charge is 2.23. The van der Waals surface area contributed by atoms with Gasteiger partial charge in [-0.05, 0) is 31.5 Å². The van der Waals surface area contributed by atoms with Gasteiger partial charge in [-0.25, -0.2) is 4.39 Å². The first-order chi connectivity index (χ1) is 7.42. The molecule has 0 saturated carbocycles. The first-order valence-corrected chi connectivity index (χ1v) is 5.17. The summed E-state index contributed by atoms with van der Waals surface area (Å²) in [7, 11) is 0. The van der Waals surface area contributed by atoms with Crippen molar-refractivity contribution < 1.29 is 9.18 Å². The van der Waals surface area contributed by atoms with E-state index in [0.29, 0.717) is 13.1 Å². The summed E-state index contributed by atoms with van der Waals surface area (Å²) in [6.45, 7) is 4.54. The summed E-state index contributed by atoms with van der Waals surface area (Å²) in [6, 6.07) is 6.35. The number of rotatable bonds is 5. The van der Waals surface area contributed by atoms with Gasteiger partial charge in [0.1, 0.15) is 5.82 Å². The van der Waals surface area contributed by atoms with Crippen LogP contribution in [0.25, 0.3) is 0 Å². The monoisotopic (exact) mass is 224 g/mol. The van der Waals surface area contributed by atoms with Crippen molar-refractivity contribution in [2.24, 2.45) is 11.1 Å². The molecule has 0 radical (unpaired) electrons. The van der Waals surface area contributed by atoms with Gasteiger partial charge in [-0.1, -0.05) is 12.1 Å². The van der Waals surface area contributed by atoms with E-state index in [2.05, 4.69) is 5.32 Å². The third-order valence-corrected chi connectivity index (χ3v) is 2.45. The molecule has 0 aliphatic heterocycles. The molecule has 0 atom stereocenters. The van der Waals surface area contributed by atoms with Crippen molar-refractivity contribution in [1.29, 1.82) is 0 Å². The number of carbonyl (C=O) groups is 1. The minimum absolute atomic E-state index is 0.256. The van der Waals surface area contributed by atoms with E-state index in [1.807, 2.05) is 6.07 Å². The van der Waals surface area contributed by atoms with Crippen molar-refractivity contribution in [1.82, 2.24) is 5.32 Å². The van der Waals surface area contributed by atoms with E-state index in [1.54, 1.807) is 19.9 Å². The Morgan fingerprint density at radius 3 is 2.75 bits per heavy atom. The molecule has 0 aromatic heterocycles. The fourth-order valence-corrected chi connectivity index (χ4v) is 1.25. The summed E-state index contributed by atoms with van der Waals surface area (Å²) in [4.78, 5) is 11.0. The van der Waals surface area contributed by atoms with E-state index < -0.39 is 5.41 Å². The molecular weight excluding hydrogens is 207 g/mol. The van der Waals surface area contributed by atoms with E-state index in [4.69, 9.17) is 5.73 Å². The molecule has 88 valence electrons. The highest BCUT2D eigenvalue weighted by Crippen LogP contribution is 2.12. The van der Waals surface area contributed by atoms with Crippen LogP contribution in [-0.2, 0) is 11.3 Å². The fraction of sp³-hybridized carbons (Fsp3) is 0.417. The molecular formula is C12H17FN2O. The maximum absolute atomic E-state index is 12.9. The number of halogens is 1. The van der Waals surface area contributed by atoms with Crippen molar-refractivity contribution >= 4 is 5.91 Å². The van der Waals surface area contributed by atoms with Gasteiger partial charge in [0.05, 0.1) is 5.41 Å². The number of hydrogen-bond acceptors (Lipinski definition) is 2. The molecule has 0 saturated heterocycles. The minimum atomic E-state index is -0.590. The molecule has 1 amide bonds. The standard InChI is InChI=1S/C12H17FN2O/c1-12(2,11(14)16)8-15-7-9-4-3-5-10(13)6-9/h3-6,15H,7-8H2,1-2H3,(H2,14,16). The van der Waals surface area contributed by atoms with E-state index in [9.17, 15) is 9.18 Å². The van der Waals surface area contributed by atoms with Crippen molar-refractivity contribution in [3.8, 4) is 0 Å². The number of hydrogen-bond donors (Lipinski definition) is 2. The smallest absolute Gasteiger partial charge is 0.224 e. The number of nitrogens with two attached hydrogens (primary N) is 1. The summed E-state index contributed by atoms with van der Waals surface area (Å²) < 4.78 is 12.9. The zero-order chi connectivity index (χ0) is 12.2. The zero-order valence-electron chi connectivity index (χ0n) is 9.59. The van der Waals surface area contributed by atoms with Crippen LogP contribution in [0.3, 0.4) is 0 Å². The maximum atomic E-state index is 12.9. The molecule has 0 spiro atoms. The van der Waals surface area contributed by atoms with Crippen LogP contribution in [0.2, 0.25) is 0 Å². The predicted octanol–water partition coefficient (Wildman–Crippen LogP) is 1.43. The Labute approximate surface area is 94.8 Å². The van der Waals surface area contributed by atoms with Gasteiger partial charge in [-0.2, -0.15) is 0 Å². The molecule has 0 fully saturated rings. The fourth-order valence-electron chi connectivity index (χ4n) is 1.25. The molecule has 0 bridgehead atoms. The Hall–Kier alpha value is -1.42. The molecule has 3 N–H and O–H groups in total. The Morgan fingerprint density at radius 2 is 2.19 bits per heavy atom. The Kier molecular flexibility index (Phi) is 4.01. The van der Waals surface area contributed by atoms with Crippen molar-refractivity contribution in [3.05, 3.63) is 35.6 Å². The summed E-state index contributed by atoms with van der Waals surface area (Å²) >= 11 is 0. The molecule has 16 heavy (non-hydrogen) atoms. The molecule has 0 heterocycles. The maximum Gasteiger partial charge on any atom is 0.224 e. The average molecular weight is 224 g/mol. The molecule has 3 nitrogen and oxygen atoms in total. The molecule has 1 aromatic carbocycles. The van der Waals surface area contributed by atoms with Gasteiger partial charge in [0.25, 0.3) is 0 Å². The number of benzene rings is 1. The van der Waals surface area contributed by atoms with E-state index in [0.717, 1.165) is 5.56 Å². The second kappa shape index (κ2) is 5.07. The quantitative estimate of drug-likeness (QED) is 0.795. The van der Waals surface area contributed by atoms with Crippen molar-refractivity contribution in [2.75, 3.05) is 6.54 Å². The van der Waals surface area contributed by atoms with Gasteiger partial charge in [-0.15, -0.1) is 0 Å². The number of nitrogens with one attached hydrogen (secondary N) is 1. The lowest BCUT2D eigenvalue weighted by molar-refractivity contribution is -0.125. The van der Waals surface area contributed by atoms with E-state index >= 15 is 0 Å². The third-order valence-electron chi connectivity index (χ3n) is 2.45. The lowest BCUT2D eigenvalue weighted by Crippen LogP contribution is -2.40. The predicted molar refractivity (Wildman–Crippen MR) is 61.1 cm³/mol. The van der Waals surface area contributed by atoms with Crippen LogP contribution in [0, 0.1) is 11.2 Å². The number of primary amides is 1. The number of amides is 1. The molecule has 0 aliphatic rings. The highest BCUT2D eigenvalue weighted by molar-refractivity contribution is 5.80. The first-order valence-electron chi connectivity index (χ1n) is 5.17. The second-order valence-electron chi connectivity index (χ2n) is 4.48. The summed E-state index contributed by atoms with van der Waals surface area (Å²) in [5.41, 5.74) is 5.49. The van der Waals surface area contributed by atoms with E-state index in [-0.39, 0.29) is 11.7 Å². The highest BCUT2D eigenvalue weighted by atomic mass is 19.1. The normalized spacial score (nSPS) is 11.4. The lowest BCUT2D eigenvalue weighted by atomic mass is 9.93. The van der Waals surface area contributed by atoms with Gasteiger partial charge in [0.15, 0.2) is 0 Å². The average Bonchev–Trinajstić information content (AvgIpc) is 2.17. The molecule has 4 heteroatoms. The van der Waals surface area contributed by atoms with Crippen LogP contribution in [0.1, 0.15) is 19.4 Å². The molecule has 0 aliphatic carbocycles. The Bertz CT molecular complexity index is 377. The minimum Gasteiger partial charge on any atom is -0.369 e. The summed E-state index contributed by atoms with van der Waals surface area (Å²) in [6.07, 6.45) is 0. The molecule has 1 rings (SSSR count). The van der Waals surface area contributed by atoms with Gasteiger partial charge in [0.2, 0.25) is 5.91 Å². The van der Waals surface area contributed by atoms with Crippen molar-refractivity contribution in [3.63, 3.8) is 0 Å². The third kappa shape index (κ3) is 3.62. The largest absolute Gasteiger partial charge is 0.369 e. The Balaban J connectivity index is 2.45. The van der Waals surface area contributed by atoms with Crippen molar-refractivity contribution in [2.45, 2.75) is 20.4 Å². The van der Waals surface area contributed by atoms with E-state index in [1.165, 1.54) is 12.1 Å². The first kappa shape index (κ1) is 12.6. The van der Waals surface area contributed by atoms with Crippen LogP contribution < -0.4 is 11.1 Å². The van der Waals surface area contributed by atoms with Gasteiger partial charge in [0, 0.05) is 13.1 Å². The van der Waals surface area contributed by atoms with Gasteiger partial charge >= 0.3 is 0 Å². The van der Waals surface area contributed by atoms with Crippen LogP contribution in [0.15, 0.2) is 24.3 Å². The second-order valence-corrected chi connectivity index (χ2v) is 4.48. The summed E-state index contributed by atoms with van der Waals surface area (Å²) in [5.74, 6) is -0.604. The topological polar surface area (TPSA) is 55.1 Å². The van der Waals surface area contributed by atoms with Crippen LogP contribution in [0.4, 0.5) is 4.39 Å². The lowest BCUT2D eigenvalue weighted by Gasteiger charge is -2.20. The van der Waals surface area contributed by atoms with Crippen LogP contribution in [-0.4, -0.2) is 12.5 Å². The zero-order valence-corrected chi connectivity index (χ0v) is 9.59.